The van der Waals surface area contributed by atoms with Crippen LogP contribution in [0.5, 0.6) is 11.5 Å². The van der Waals surface area contributed by atoms with E-state index in [9.17, 15) is 24.3 Å². The Hall–Kier alpha value is -6.35. The van der Waals surface area contributed by atoms with Gasteiger partial charge in [-0.2, -0.15) is 5.10 Å². The highest BCUT2D eigenvalue weighted by molar-refractivity contribution is 6.34. The van der Waals surface area contributed by atoms with Gasteiger partial charge in [0.05, 0.1) is 22.6 Å². The van der Waals surface area contributed by atoms with Crippen molar-refractivity contribution in [2.45, 2.75) is 88.2 Å². The highest BCUT2D eigenvalue weighted by Gasteiger charge is 2.50. The van der Waals surface area contributed by atoms with E-state index < -0.39 is 81.4 Å². The quantitative estimate of drug-likeness (QED) is 0.0625. The zero-order valence-electron chi connectivity index (χ0n) is 42.2. The first-order chi connectivity index (χ1) is 36.5. The lowest BCUT2D eigenvalue weighted by Crippen LogP contribution is -2.49. The van der Waals surface area contributed by atoms with Gasteiger partial charge in [0.15, 0.2) is 40.4 Å². The summed E-state index contributed by atoms with van der Waals surface area (Å²) in [5.41, 5.74) is 4.54. The third-order valence-electron chi connectivity index (χ3n) is 16.5. The number of carbonyl (C=O) groups excluding carboxylic acids is 4. The summed E-state index contributed by atoms with van der Waals surface area (Å²) in [6, 6.07) is 12.3. The summed E-state index contributed by atoms with van der Waals surface area (Å²) < 4.78 is 93.7. The lowest BCUT2D eigenvalue weighted by atomic mass is 9.77. The molecule has 1 saturated carbocycles. The molecule has 4 aliphatic heterocycles. The number of aliphatic hydroxyl groups is 1. The fourth-order valence-electron chi connectivity index (χ4n) is 12.4. The van der Waals surface area contributed by atoms with E-state index in [0.717, 1.165) is 34.5 Å². The molecule has 0 spiro atoms. The molecule has 4 aromatic carbocycles. The number of hydrogen-bond acceptors (Lipinski definition) is 10. The van der Waals surface area contributed by atoms with Crippen molar-refractivity contribution in [1.82, 2.24) is 30.2 Å². The summed E-state index contributed by atoms with van der Waals surface area (Å²) in [5.74, 6) is -8.08. The Morgan fingerprint density at radius 2 is 1.61 bits per heavy atom. The molecule has 2 atom stereocenters. The molecule has 1 aliphatic carbocycles. The summed E-state index contributed by atoms with van der Waals surface area (Å²) in [5, 5.41) is 18.5. The number of nitrogens with two attached hydrogens (primary N) is 1. The molecule has 4 fully saturated rings. The second-order valence-corrected chi connectivity index (χ2v) is 21.2. The predicted molar refractivity (Wildman–Crippen MR) is 273 cm³/mol. The second kappa shape index (κ2) is 21.6. The number of imide groups is 1. The van der Waals surface area contributed by atoms with Gasteiger partial charge in [-0.15, -0.1) is 0 Å². The van der Waals surface area contributed by atoms with E-state index in [1.165, 1.54) is 25.2 Å². The van der Waals surface area contributed by atoms with Crippen molar-refractivity contribution in [2.75, 3.05) is 63.9 Å². The fourth-order valence-corrected chi connectivity index (χ4v) is 12.7. The molecule has 1 aromatic heterocycles. The average molecular weight is 1080 g/mol. The molecule has 5 aliphatic rings. The number of primary amides is 1. The molecule has 2 unspecified atom stereocenters. The predicted octanol–water partition coefficient (Wildman–Crippen LogP) is 8.16. The van der Waals surface area contributed by atoms with E-state index in [-0.39, 0.29) is 89.1 Å². The molecule has 5 N–H and O–H groups in total. The number of fused-ring (bicyclic) bond motifs is 2. The van der Waals surface area contributed by atoms with Gasteiger partial charge in [0.1, 0.15) is 23.7 Å². The normalized spacial score (nSPS) is 22.7. The number of piperidine rings is 2. The maximum absolute atomic E-state index is 16.5. The molecule has 5 aromatic rings. The van der Waals surface area contributed by atoms with Gasteiger partial charge in [0.2, 0.25) is 17.7 Å². The molecule has 76 heavy (non-hydrogen) atoms. The van der Waals surface area contributed by atoms with Crippen molar-refractivity contribution in [3.8, 4) is 22.6 Å². The molecule has 3 saturated heterocycles. The molecule has 0 radical (unpaired) electrons. The number of aromatic nitrogens is 2. The van der Waals surface area contributed by atoms with Crippen molar-refractivity contribution < 1.29 is 55.7 Å². The number of rotatable bonds is 14. The van der Waals surface area contributed by atoms with Crippen molar-refractivity contribution in [1.29, 1.82) is 0 Å². The van der Waals surface area contributed by atoms with Gasteiger partial charge in [0.25, 0.3) is 0 Å². The first kappa shape index (κ1) is 53.1. The zero-order valence-corrected chi connectivity index (χ0v) is 43.0. The number of anilines is 1. The number of aryl methyl sites for hydroxylation is 1. The van der Waals surface area contributed by atoms with Crippen molar-refractivity contribution in [2.24, 2.45) is 24.6 Å². The Labute approximate surface area is 440 Å². The van der Waals surface area contributed by atoms with Crippen molar-refractivity contribution in [3.05, 3.63) is 105 Å². The van der Waals surface area contributed by atoms with Crippen LogP contribution in [0.15, 0.2) is 48.5 Å². The molecule has 404 valence electrons. The molecular weight excluding hydrogens is 1020 g/mol. The summed E-state index contributed by atoms with van der Waals surface area (Å²) in [6.07, 6.45) is 5.17. The summed E-state index contributed by atoms with van der Waals surface area (Å²) >= 11 is 6.71. The number of nitrogens with zero attached hydrogens (tertiary/aromatic N) is 5. The van der Waals surface area contributed by atoms with Gasteiger partial charge in [-0.25, -0.2) is 26.7 Å². The molecule has 5 amide bonds. The third-order valence-corrected chi connectivity index (χ3v) is 16.8. The van der Waals surface area contributed by atoms with E-state index >= 15 is 22.0 Å². The number of carbonyl (C=O) groups is 4. The maximum Gasteiger partial charge on any atom is 0.329 e. The minimum atomic E-state index is -1.29. The van der Waals surface area contributed by atoms with Gasteiger partial charge in [0, 0.05) is 92.4 Å². The smallest absolute Gasteiger partial charge is 0.329 e. The van der Waals surface area contributed by atoms with E-state index in [1.54, 1.807) is 0 Å². The SMILES string of the molecule is CC1c2c(cc(F)c(Cl)c2-c2c(C(N)=O)ccc(OCCO)c2F)OC1(CNC1CCC(C(=O)N2CCC(CN3CCC(c4c(F)c(F)c5c(N6CCC(=O)NC6=O)nn(C)c5c4F)CC3)CC2)CC1)c1ccccc1. The van der Waals surface area contributed by atoms with Crippen molar-refractivity contribution in [3.63, 3.8) is 0 Å². The number of amides is 5. The molecular formula is C55H60ClF5N8O7. The summed E-state index contributed by atoms with van der Waals surface area (Å²) in [6.45, 7) is 4.55. The van der Waals surface area contributed by atoms with Crippen LogP contribution >= 0.6 is 11.6 Å². The number of hydrogen-bond donors (Lipinski definition) is 4. The number of nitrogens with one attached hydrogen (secondary N) is 2. The van der Waals surface area contributed by atoms with Gasteiger partial charge in [-0.1, -0.05) is 48.9 Å². The largest absolute Gasteiger partial charge is 0.488 e. The average Bonchev–Trinajstić information content (AvgIpc) is 4.08. The van der Waals surface area contributed by atoms with Crippen LogP contribution in [-0.2, 0) is 22.2 Å². The molecule has 21 heteroatoms. The first-order valence-electron chi connectivity index (χ1n) is 26.0. The molecule has 5 heterocycles. The lowest BCUT2D eigenvalue weighted by molar-refractivity contribution is -0.138. The van der Waals surface area contributed by atoms with Gasteiger partial charge < -0.3 is 35.4 Å². The minimum Gasteiger partial charge on any atom is -0.488 e. The van der Waals surface area contributed by atoms with Gasteiger partial charge in [-0.05, 0) is 94.0 Å². The number of likely N-dealkylation sites (tertiary alicyclic amines) is 2. The fraction of sp³-hybridized carbons (Fsp3) is 0.473. The monoisotopic (exact) mass is 1070 g/mol. The Morgan fingerprint density at radius 3 is 2.28 bits per heavy atom. The van der Waals surface area contributed by atoms with E-state index in [4.69, 9.17) is 26.8 Å². The van der Waals surface area contributed by atoms with Crippen LogP contribution in [0.25, 0.3) is 22.0 Å². The van der Waals surface area contributed by atoms with Crippen LogP contribution in [0, 0.1) is 40.9 Å². The van der Waals surface area contributed by atoms with Crippen LogP contribution in [0.1, 0.15) is 104 Å². The zero-order chi connectivity index (χ0) is 53.7. The van der Waals surface area contributed by atoms with Crippen molar-refractivity contribution >= 4 is 52.1 Å². The van der Waals surface area contributed by atoms with Gasteiger partial charge in [-0.3, -0.25) is 29.3 Å². The minimum absolute atomic E-state index is 0.0131. The lowest BCUT2D eigenvalue weighted by Gasteiger charge is -2.40. The molecule has 15 nitrogen and oxygen atoms in total. The Morgan fingerprint density at radius 1 is 0.895 bits per heavy atom. The third kappa shape index (κ3) is 9.63. The number of benzene rings is 4. The van der Waals surface area contributed by atoms with E-state index in [1.807, 2.05) is 42.2 Å². The highest BCUT2D eigenvalue weighted by Crippen LogP contribution is 2.57. The van der Waals surface area contributed by atoms with E-state index in [2.05, 4.69) is 20.6 Å². The Bertz CT molecular complexity index is 3090. The van der Waals surface area contributed by atoms with Crippen LogP contribution in [0.4, 0.5) is 32.6 Å². The number of ether oxygens (including phenoxy) is 2. The molecule has 0 bridgehead atoms. The Balaban J connectivity index is 0.743. The van der Waals surface area contributed by atoms with E-state index in [0.29, 0.717) is 76.2 Å². The molecule has 10 rings (SSSR count). The van der Waals surface area contributed by atoms with Crippen LogP contribution < -0.4 is 30.7 Å². The number of aliphatic hydroxyl groups excluding tert-OH is 1. The van der Waals surface area contributed by atoms with Gasteiger partial charge >= 0.3 is 6.03 Å². The van der Waals surface area contributed by atoms with Crippen LogP contribution in [0.3, 0.4) is 0 Å². The summed E-state index contributed by atoms with van der Waals surface area (Å²) in [4.78, 5) is 56.3. The highest BCUT2D eigenvalue weighted by atomic mass is 35.5. The topological polar surface area (TPSA) is 185 Å². The standard InChI is InChI=1S/C55H60ClF5N8O7/c1-29-40-38(26-36(57)45(56)43(40)42-35(51(62)72)12-13-37(46(42)58)75-25-24-70)76-55(29,33-6-4-3-5-7-33)28-63-34-10-8-32(9-11-34)53(73)68-21-14-30(15-22-68)27-67-19-16-31(17-20-67)41-47(59)48(60)44-50(49(41)61)66(2)65-52(44)69-23-18-39(71)64-54(69)74/h3-7,12-13,26,29-32,34,63,70H,8-11,14-25,27-28H2,1-2H3,(H2,62,72)(H,64,71,74). The van der Waals surface area contributed by atoms with Crippen LogP contribution in [0.2, 0.25) is 5.02 Å². The first-order valence-corrected chi connectivity index (χ1v) is 26.4. The number of halogens is 6. The second-order valence-electron chi connectivity index (χ2n) is 20.8. The number of urea groups is 1. The Kier molecular flexibility index (Phi) is 15.1. The summed E-state index contributed by atoms with van der Waals surface area (Å²) in [7, 11) is 1.40. The van der Waals surface area contributed by atoms with Crippen LogP contribution in [-0.4, -0.2) is 114 Å². The maximum atomic E-state index is 16.5.